The molecule has 12 nitrogen and oxygen atoms in total. The fraction of sp³-hybridized carbons (Fsp3) is 0.273. The van der Waals surface area contributed by atoms with E-state index in [0.717, 1.165) is 50.2 Å². The van der Waals surface area contributed by atoms with Crippen LogP contribution in [0.5, 0.6) is 5.88 Å². The van der Waals surface area contributed by atoms with E-state index in [0.29, 0.717) is 27.8 Å². The van der Waals surface area contributed by atoms with Crippen molar-refractivity contribution in [2.24, 2.45) is 7.05 Å². The highest BCUT2D eigenvalue weighted by atomic mass is 35.5. The molecular weight excluding hydrogens is 610 g/mol. The molecule has 236 valence electrons. The summed E-state index contributed by atoms with van der Waals surface area (Å²) in [7, 11) is 4.52. The summed E-state index contributed by atoms with van der Waals surface area (Å²) in [5.74, 6) is -0.336. The number of carbonyl (C=O) groups excluding carboxylic acids is 3. The molecule has 1 fully saturated rings. The summed E-state index contributed by atoms with van der Waals surface area (Å²) in [5, 5.41) is 13.3. The number of aromatic nitrogens is 3. The topological polar surface area (TPSA) is 148 Å². The maximum absolute atomic E-state index is 13.0. The number of pyridine rings is 1. The predicted octanol–water partition coefficient (Wildman–Crippen LogP) is 3.86. The molecule has 13 heteroatoms. The average molecular weight is 642 g/mol. The minimum atomic E-state index is -0.625. The first-order valence-corrected chi connectivity index (χ1v) is 15.1. The lowest BCUT2D eigenvalue weighted by Crippen LogP contribution is -2.40. The predicted molar refractivity (Wildman–Crippen MR) is 173 cm³/mol. The van der Waals surface area contributed by atoms with E-state index in [1.807, 2.05) is 43.3 Å². The van der Waals surface area contributed by atoms with Crippen LogP contribution in [0.1, 0.15) is 39.5 Å². The number of nitrogens with one attached hydrogen (secondary N) is 3. The molecular formula is C33H32ClN7O5. The highest BCUT2D eigenvalue weighted by Gasteiger charge is 2.36. The molecule has 46 heavy (non-hydrogen) atoms. The first-order valence-electron chi connectivity index (χ1n) is 14.7. The second-order valence-corrected chi connectivity index (χ2v) is 11.6. The van der Waals surface area contributed by atoms with Crippen molar-refractivity contribution in [3.05, 3.63) is 92.4 Å². The molecule has 0 radical (unpaired) electrons. The number of fused-ring (bicyclic) bond motifs is 1. The molecule has 0 saturated carbocycles. The lowest BCUT2D eigenvalue weighted by atomic mass is 9.96. The number of likely N-dealkylation sites (N-methyl/N-ethyl adjacent to an activating group) is 1. The van der Waals surface area contributed by atoms with Crippen molar-refractivity contribution in [2.75, 3.05) is 26.0 Å². The van der Waals surface area contributed by atoms with Crippen LogP contribution in [-0.2, 0) is 18.3 Å². The summed E-state index contributed by atoms with van der Waals surface area (Å²) in [6.45, 7) is 2.17. The maximum Gasteiger partial charge on any atom is 0.324 e. The van der Waals surface area contributed by atoms with E-state index in [9.17, 15) is 19.2 Å². The number of hydrogen-bond donors (Lipinski definition) is 3. The van der Waals surface area contributed by atoms with Gasteiger partial charge in [-0.15, -0.1) is 0 Å². The molecule has 2 atom stereocenters. The smallest absolute Gasteiger partial charge is 0.324 e. The van der Waals surface area contributed by atoms with Crippen molar-refractivity contribution in [1.82, 2.24) is 30.3 Å². The van der Waals surface area contributed by atoms with E-state index in [-0.39, 0.29) is 24.1 Å². The zero-order valence-electron chi connectivity index (χ0n) is 25.7. The lowest BCUT2D eigenvalue weighted by Gasteiger charge is -2.19. The quantitative estimate of drug-likeness (QED) is 0.246. The number of urea groups is 1. The Bertz CT molecular complexity index is 1960. The largest absolute Gasteiger partial charge is 0.481 e. The van der Waals surface area contributed by atoms with Crippen molar-refractivity contribution in [1.29, 1.82) is 0 Å². The van der Waals surface area contributed by atoms with Gasteiger partial charge in [-0.1, -0.05) is 41.9 Å². The summed E-state index contributed by atoms with van der Waals surface area (Å²) in [5.41, 5.74) is 5.73. The van der Waals surface area contributed by atoms with Gasteiger partial charge in [0.1, 0.15) is 11.6 Å². The van der Waals surface area contributed by atoms with E-state index in [2.05, 4.69) is 21.0 Å². The van der Waals surface area contributed by atoms with Gasteiger partial charge < -0.3 is 20.7 Å². The molecule has 2 aromatic heterocycles. The normalized spacial score (nSPS) is 17.2. The van der Waals surface area contributed by atoms with Crippen molar-refractivity contribution >= 4 is 35.1 Å². The van der Waals surface area contributed by atoms with Gasteiger partial charge in [-0.3, -0.25) is 19.3 Å². The molecule has 3 N–H and O–H groups in total. The first kappa shape index (κ1) is 30.9. The zero-order chi connectivity index (χ0) is 32.7. The summed E-state index contributed by atoms with van der Waals surface area (Å²) < 4.78 is 6.86. The number of rotatable bonds is 8. The van der Waals surface area contributed by atoms with Crippen molar-refractivity contribution in [2.45, 2.75) is 31.8 Å². The van der Waals surface area contributed by atoms with Crippen LogP contribution in [0, 0.1) is 6.92 Å². The molecule has 4 aromatic rings. The summed E-state index contributed by atoms with van der Waals surface area (Å²) in [6.07, 6.45) is 2.95. The molecule has 0 spiro atoms. The van der Waals surface area contributed by atoms with Gasteiger partial charge in [-0.05, 0) is 54.7 Å². The minimum absolute atomic E-state index is 0.0113. The first-order chi connectivity index (χ1) is 22.1. The SMILES string of the molecule is COc1nc(-c2cccc(-c3cccc(NC(=O)c4ccnn(C)c4=O)c3C)c2Cl)cc2c1[C@@H](NC[C@H]1NC(=O)N(C)C1=O)CC2. The van der Waals surface area contributed by atoms with Gasteiger partial charge in [0.05, 0.1) is 17.8 Å². The van der Waals surface area contributed by atoms with Gasteiger partial charge in [-0.25, -0.2) is 14.5 Å². The highest BCUT2D eigenvalue weighted by molar-refractivity contribution is 6.36. The number of nitrogens with zero attached hydrogens (tertiary/aromatic N) is 4. The number of anilines is 1. The molecule has 0 unspecified atom stereocenters. The third kappa shape index (κ3) is 5.50. The van der Waals surface area contributed by atoms with Crippen LogP contribution in [0.25, 0.3) is 22.4 Å². The lowest BCUT2D eigenvalue weighted by molar-refractivity contribution is -0.126. The number of methoxy groups -OCH3 is 1. The maximum atomic E-state index is 13.0. The molecule has 2 aromatic carbocycles. The molecule has 6 rings (SSSR count). The molecule has 0 bridgehead atoms. The van der Waals surface area contributed by atoms with E-state index in [4.69, 9.17) is 21.3 Å². The molecule has 3 heterocycles. The van der Waals surface area contributed by atoms with Gasteiger partial charge in [0.2, 0.25) is 5.88 Å². The Morgan fingerprint density at radius 2 is 1.83 bits per heavy atom. The van der Waals surface area contributed by atoms with Crippen LogP contribution in [0.2, 0.25) is 5.02 Å². The number of hydrogen-bond acceptors (Lipinski definition) is 8. The second-order valence-electron chi connectivity index (χ2n) is 11.3. The van der Waals surface area contributed by atoms with E-state index in [1.54, 1.807) is 13.2 Å². The van der Waals surface area contributed by atoms with E-state index < -0.39 is 23.5 Å². The van der Waals surface area contributed by atoms with Gasteiger partial charge in [0, 0.05) is 55.3 Å². The molecule has 1 aliphatic heterocycles. The molecule has 4 amide bonds. The number of ether oxygens (including phenoxy) is 1. The number of carbonyl (C=O) groups is 3. The number of halogens is 1. The number of amides is 4. The van der Waals surface area contributed by atoms with E-state index in [1.165, 1.54) is 26.4 Å². The monoisotopic (exact) mass is 641 g/mol. The standard InChI is InChI=1S/C33H32ClN7O5/c1-17-19(7-6-10-23(17)37-29(42)22-13-14-36-41(3)31(22)43)20-8-5-9-21(28(20)34)25-15-18-11-12-24(27(18)30(38-25)46-4)35-16-26-32(44)40(2)33(45)39-26/h5-10,13-15,24,26,35H,11-12,16H2,1-4H3,(H,37,42)(H,39,45)/t24-,26+/m0/s1. The van der Waals surface area contributed by atoms with Crippen LogP contribution in [-0.4, -0.2) is 64.3 Å². The molecule has 2 aliphatic rings. The minimum Gasteiger partial charge on any atom is -0.481 e. The Balaban J connectivity index is 1.28. The van der Waals surface area contributed by atoms with Crippen molar-refractivity contribution in [3.8, 4) is 28.3 Å². The van der Waals surface area contributed by atoms with Crippen LogP contribution in [0.15, 0.2) is 59.5 Å². The third-order valence-electron chi connectivity index (χ3n) is 8.55. The second kappa shape index (κ2) is 12.4. The third-order valence-corrected chi connectivity index (χ3v) is 8.96. The Hall–Kier alpha value is -5.07. The van der Waals surface area contributed by atoms with Gasteiger partial charge in [0.25, 0.3) is 17.4 Å². The summed E-state index contributed by atoms with van der Waals surface area (Å²) >= 11 is 7.07. The summed E-state index contributed by atoms with van der Waals surface area (Å²) in [4.78, 5) is 55.5. The molecule has 1 aliphatic carbocycles. The Morgan fingerprint density at radius 1 is 1.09 bits per heavy atom. The van der Waals surface area contributed by atoms with Gasteiger partial charge in [-0.2, -0.15) is 5.10 Å². The van der Waals surface area contributed by atoms with Crippen molar-refractivity contribution < 1.29 is 19.1 Å². The fourth-order valence-electron chi connectivity index (χ4n) is 6.01. The van der Waals surface area contributed by atoms with Crippen LogP contribution in [0.4, 0.5) is 10.5 Å². The van der Waals surface area contributed by atoms with Crippen LogP contribution < -0.4 is 26.2 Å². The highest BCUT2D eigenvalue weighted by Crippen LogP contribution is 2.43. The number of benzene rings is 2. The van der Waals surface area contributed by atoms with Gasteiger partial charge in [0.15, 0.2) is 0 Å². The van der Waals surface area contributed by atoms with Crippen molar-refractivity contribution in [3.63, 3.8) is 0 Å². The number of aryl methyl sites for hydroxylation is 2. The average Bonchev–Trinajstić information content (AvgIpc) is 3.57. The Morgan fingerprint density at radius 3 is 2.57 bits per heavy atom. The summed E-state index contributed by atoms with van der Waals surface area (Å²) in [6, 6.07) is 13.5. The number of imide groups is 1. The van der Waals surface area contributed by atoms with E-state index >= 15 is 0 Å². The van der Waals surface area contributed by atoms with Crippen LogP contribution in [0.3, 0.4) is 0 Å². The Labute approximate surface area is 269 Å². The Kier molecular flexibility index (Phi) is 8.32. The fourth-order valence-corrected chi connectivity index (χ4v) is 6.34. The zero-order valence-corrected chi connectivity index (χ0v) is 26.4. The van der Waals surface area contributed by atoms with Gasteiger partial charge >= 0.3 is 6.03 Å². The van der Waals surface area contributed by atoms with Crippen LogP contribution >= 0.6 is 11.6 Å². The molecule has 1 saturated heterocycles.